The Hall–Kier alpha value is -1.77. The molecule has 1 aromatic heterocycles. The van der Waals surface area contributed by atoms with Crippen molar-refractivity contribution in [3.63, 3.8) is 0 Å². The van der Waals surface area contributed by atoms with E-state index >= 15 is 0 Å². The second-order valence-electron chi connectivity index (χ2n) is 6.32. The number of methoxy groups -OCH3 is 1. The molecule has 2 aromatic carbocycles. The number of hydrogen-bond acceptors (Lipinski definition) is 5. The lowest BCUT2D eigenvalue weighted by Gasteiger charge is -2.13. The molecule has 3 aromatic rings. The quantitative estimate of drug-likeness (QED) is 0.272. The van der Waals surface area contributed by atoms with Gasteiger partial charge in [0.15, 0.2) is 5.16 Å². The summed E-state index contributed by atoms with van der Waals surface area (Å²) in [7, 11) is 1.60. The molecular weight excluding hydrogens is 469 g/mol. The maximum absolute atomic E-state index is 13.0. The average Bonchev–Trinajstić information content (AvgIpc) is 2.71. The Morgan fingerprint density at radius 1 is 1.17 bits per heavy atom. The van der Waals surface area contributed by atoms with Crippen LogP contribution in [0.15, 0.2) is 46.3 Å². The highest BCUT2D eigenvalue weighted by molar-refractivity contribution is 7.99. The third kappa shape index (κ3) is 5.68. The first-order valence-electron chi connectivity index (χ1n) is 8.96. The van der Waals surface area contributed by atoms with Crippen molar-refractivity contribution < 1.29 is 9.53 Å². The number of anilines is 1. The molecule has 6 nitrogen and oxygen atoms in total. The molecule has 3 rings (SSSR count). The largest absolute Gasteiger partial charge is 0.385 e. The zero-order valence-electron chi connectivity index (χ0n) is 16.0. The molecule has 0 radical (unpaired) electrons. The first-order valence-corrected chi connectivity index (χ1v) is 11.1. The Bertz CT molecular complexity index is 1140. The summed E-state index contributed by atoms with van der Waals surface area (Å²) in [5.74, 6) is -0.265. The van der Waals surface area contributed by atoms with Gasteiger partial charge in [0.1, 0.15) is 0 Å². The second kappa shape index (κ2) is 10.5. The van der Waals surface area contributed by atoms with E-state index in [1.165, 1.54) is 0 Å². The van der Waals surface area contributed by atoms with Crippen LogP contribution in [0.5, 0.6) is 0 Å². The number of benzene rings is 2. The van der Waals surface area contributed by atoms with Gasteiger partial charge >= 0.3 is 0 Å². The molecule has 30 heavy (non-hydrogen) atoms. The van der Waals surface area contributed by atoms with Crippen molar-refractivity contribution in [1.29, 1.82) is 0 Å². The summed E-state index contributed by atoms with van der Waals surface area (Å²) in [6, 6.07) is 9.76. The third-order valence-electron chi connectivity index (χ3n) is 4.15. The van der Waals surface area contributed by atoms with Gasteiger partial charge < -0.3 is 10.1 Å². The van der Waals surface area contributed by atoms with E-state index in [0.29, 0.717) is 56.4 Å². The molecule has 0 fully saturated rings. The minimum absolute atomic E-state index is 0.0334. The van der Waals surface area contributed by atoms with Crippen LogP contribution in [-0.4, -0.2) is 34.9 Å². The van der Waals surface area contributed by atoms with E-state index in [1.54, 1.807) is 48.1 Å². The molecular formula is C20H18Cl3N3O3S. The molecule has 0 saturated heterocycles. The number of ether oxygens (including phenoxy) is 1. The fourth-order valence-electron chi connectivity index (χ4n) is 2.76. The van der Waals surface area contributed by atoms with Gasteiger partial charge in [-0.2, -0.15) is 0 Å². The lowest BCUT2D eigenvalue weighted by atomic mass is 10.2. The van der Waals surface area contributed by atoms with E-state index in [4.69, 9.17) is 39.5 Å². The molecule has 1 amide bonds. The molecule has 1 N–H and O–H groups in total. The van der Waals surface area contributed by atoms with Crippen molar-refractivity contribution in [2.45, 2.75) is 18.1 Å². The van der Waals surface area contributed by atoms with Gasteiger partial charge in [0, 0.05) is 30.3 Å². The van der Waals surface area contributed by atoms with Crippen LogP contribution in [0.25, 0.3) is 10.9 Å². The molecule has 0 spiro atoms. The Balaban J connectivity index is 1.84. The van der Waals surface area contributed by atoms with Gasteiger partial charge in [-0.1, -0.05) is 46.6 Å². The van der Waals surface area contributed by atoms with Crippen LogP contribution in [0.1, 0.15) is 6.42 Å². The molecule has 0 bridgehead atoms. The van der Waals surface area contributed by atoms with Crippen molar-refractivity contribution >= 4 is 69.1 Å². The SMILES string of the molecule is COCCCn1c(SCC(=O)Nc2cc(Cl)ccc2Cl)nc2cc(Cl)ccc2c1=O. The number of fused-ring (bicyclic) bond motifs is 1. The smallest absolute Gasteiger partial charge is 0.262 e. The molecule has 0 unspecified atom stereocenters. The fourth-order valence-corrected chi connectivity index (χ4v) is 4.09. The summed E-state index contributed by atoms with van der Waals surface area (Å²) in [5.41, 5.74) is 0.718. The first kappa shape index (κ1) is 22.9. The summed E-state index contributed by atoms with van der Waals surface area (Å²) >= 11 is 19.3. The number of carbonyl (C=O) groups excluding carboxylic acids is 1. The summed E-state index contributed by atoms with van der Waals surface area (Å²) in [5, 5.41) is 4.94. The fraction of sp³-hybridized carbons (Fsp3) is 0.250. The molecule has 158 valence electrons. The predicted molar refractivity (Wildman–Crippen MR) is 123 cm³/mol. The van der Waals surface area contributed by atoms with Gasteiger partial charge in [-0.3, -0.25) is 14.2 Å². The molecule has 0 atom stereocenters. The van der Waals surface area contributed by atoms with Gasteiger partial charge in [0.25, 0.3) is 5.56 Å². The van der Waals surface area contributed by atoms with Gasteiger partial charge in [-0.15, -0.1) is 0 Å². The number of carbonyl (C=O) groups is 1. The summed E-state index contributed by atoms with van der Waals surface area (Å²) in [4.78, 5) is 30.0. The minimum Gasteiger partial charge on any atom is -0.385 e. The zero-order valence-corrected chi connectivity index (χ0v) is 19.0. The maximum atomic E-state index is 13.0. The van der Waals surface area contributed by atoms with Crippen molar-refractivity contribution in [2.24, 2.45) is 0 Å². The normalized spacial score (nSPS) is 11.1. The van der Waals surface area contributed by atoms with E-state index < -0.39 is 0 Å². The van der Waals surface area contributed by atoms with Crippen LogP contribution >= 0.6 is 46.6 Å². The van der Waals surface area contributed by atoms with Crippen LogP contribution in [0, 0.1) is 0 Å². The second-order valence-corrected chi connectivity index (χ2v) is 8.54. The number of nitrogens with one attached hydrogen (secondary N) is 1. The maximum Gasteiger partial charge on any atom is 0.262 e. The molecule has 10 heteroatoms. The number of amides is 1. The Kier molecular flexibility index (Phi) is 8.02. The van der Waals surface area contributed by atoms with Crippen molar-refractivity contribution in [1.82, 2.24) is 9.55 Å². The third-order valence-corrected chi connectivity index (χ3v) is 5.92. The van der Waals surface area contributed by atoms with E-state index in [0.717, 1.165) is 11.8 Å². The highest BCUT2D eigenvalue weighted by atomic mass is 35.5. The van der Waals surface area contributed by atoms with E-state index in [2.05, 4.69) is 10.3 Å². The Labute approximate surface area is 192 Å². The van der Waals surface area contributed by atoms with Crippen molar-refractivity contribution in [3.05, 3.63) is 61.8 Å². The van der Waals surface area contributed by atoms with Gasteiger partial charge in [0.2, 0.25) is 5.91 Å². The zero-order chi connectivity index (χ0) is 21.7. The van der Waals surface area contributed by atoms with Crippen LogP contribution < -0.4 is 10.9 Å². The average molecular weight is 487 g/mol. The van der Waals surface area contributed by atoms with Crippen LogP contribution in [0.2, 0.25) is 15.1 Å². The van der Waals surface area contributed by atoms with Crippen LogP contribution in [0.3, 0.4) is 0 Å². The topological polar surface area (TPSA) is 73.2 Å². The van der Waals surface area contributed by atoms with Crippen molar-refractivity contribution in [3.8, 4) is 0 Å². The highest BCUT2D eigenvalue weighted by Crippen LogP contribution is 2.26. The molecule has 0 aliphatic heterocycles. The number of thioether (sulfide) groups is 1. The Morgan fingerprint density at radius 3 is 2.67 bits per heavy atom. The molecule has 0 aliphatic carbocycles. The number of hydrogen-bond donors (Lipinski definition) is 1. The minimum atomic E-state index is -0.298. The number of halogens is 3. The molecule has 0 aliphatic rings. The summed E-state index contributed by atoms with van der Waals surface area (Å²) < 4.78 is 6.64. The number of rotatable bonds is 8. The molecule has 1 heterocycles. The number of aromatic nitrogens is 2. The lowest BCUT2D eigenvalue weighted by Crippen LogP contribution is -2.25. The number of nitrogens with zero attached hydrogens (tertiary/aromatic N) is 2. The first-order chi connectivity index (χ1) is 14.4. The monoisotopic (exact) mass is 485 g/mol. The van der Waals surface area contributed by atoms with E-state index in [9.17, 15) is 9.59 Å². The van der Waals surface area contributed by atoms with Gasteiger partial charge in [0.05, 0.1) is 27.4 Å². The van der Waals surface area contributed by atoms with Gasteiger partial charge in [-0.05, 0) is 42.8 Å². The summed E-state index contributed by atoms with van der Waals surface area (Å²) in [6.45, 7) is 0.922. The van der Waals surface area contributed by atoms with Gasteiger partial charge in [-0.25, -0.2) is 4.98 Å². The Morgan fingerprint density at radius 2 is 1.90 bits per heavy atom. The van der Waals surface area contributed by atoms with Crippen LogP contribution in [-0.2, 0) is 16.1 Å². The lowest BCUT2D eigenvalue weighted by molar-refractivity contribution is -0.113. The highest BCUT2D eigenvalue weighted by Gasteiger charge is 2.14. The van der Waals surface area contributed by atoms with E-state index in [1.807, 2.05) is 0 Å². The molecule has 0 saturated carbocycles. The standard InChI is InChI=1S/C20H18Cl3N3O3S/c1-29-8-2-7-26-19(28)14-5-3-12(21)9-16(14)25-20(26)30-11-18(27)24-17-10-13(22)4-6-15(17)23/h3-6,9-10H,2,7-8,11H2,1H3,(H,24,27). The predicted octanol–water partition coefficient (Wildman–Crippen LogP) is 5.12. The van der Waals surface area contributed by atoms with Crippen molar-refractivity contribution in [2.75, 3.05) is 24.8 Å². The van der Waals surface area contributed by atoms with Crippen LogP contribution in [0.4, 0.5) is 5.69 Å². The summed E-state index contributed by atoms with van der Waals surface area (Å²) in [6.07, 6.45) is 0.634. The van der Waals surface area contributed by atoms with E-state index in [-0.39, 0.29) is 17.2 Å².